The summed E-state index contributed by atoms with van der Waals surface area (Å²) >= 11 is 0. The molecule has 0 fully saturated rings. The molecule has 2 heterocycles. The van der Waals surface area contributed by atoms with E-state index in [0.717, 1.165) is 12.2 Å². The standard InChI is InChI=1S/C10H8O/c1-2-4-8-7(3-1)9-5-6-10(8)11-9/h1-5,10H,6H2. The summed E-state index contributed by atoms with van der Waals surface area (Å²) in [5, 5.41) is 0. The van der Waals surface area contributed by atoms with Gasteiger partial charge in [-0.3, -0.25) is 0 Å². The lowest BCUT2D eigenvalue weighted by Crippen LogP contribution is -1.91. The largest absolute Gasteiger partial charge is 0.485 e. The third-order valence-electron chi connectivity index (χ3n) is 2.36. The first kappa shape index (κ1) is 5.42. The van der Waals surface area contributed by atoms with Gasteiger partial charge in [0.2, 0.25) is 0 Å². The highest BCUT2D eigenvalue weighted by molar-refractivity contribution is 5.70. The number of fused-ring (bicyclic) bond motifs is 5. The van der Waals surface area contributed by atoms with Crippen LogP contribution in [0.3, 0.4) is 0 Å². The summed E-state index contributed by atoms with van der Waals surface area (Å²) < 4.78 is 5.60. The molecule has 1 nitrogen and oxygen atoms in total. The van der Waals surface area contributed by atoms with Crippen molar-refractivity contribution in [2.75, 3.05) is 0 Å². The predicted molar refractivity (Wildman–Crippen MR) is 42.9 cm³/mol. The third kappa shape index (κ3) is 0.559. The maximum Gasteiger partial charge on any atom is 0.128 e. The Morgan fingerprint density at radius 3 is 3.09 bits per heavy atom. The zero-order valence-corrected chi connectivity index (χ0v) is 6.08. The van der Waals surface area contributed by atoms with Crippen LogP contribution in [0.5, 0.6) is 0 Å². The van der Waals surface area contributed by atoms with E-state index in [9.17, 15) is 0 Å². The van der Waals surface area contributed by atoms with E-state index in [1.807, 2.05) is 0 Å². The van der Waals surface area contributed by atoms with E-state index in [4.69, 9.17) is 4.74 Å². The molecule has 1 unspecified atom stereocenters. The number of hydrogen-bond acceptors (Lipinski definition) is 1. The Balaban J connectivity index is 2.33. The Hall–Kier alpha value is -1.24. The van der Waals surface area contributed by atoms with E-state index >= 15 is 0 Å². The Kier molecular flexibility index (Phi) is 0.823. The minimum atomic E-state index is 0.334. The van der Waals surface area contributed by atoms with Crippen molar-refractivity contribution in [3.05, 3.63) is 41.5 Å². The summed E-state index contributed by atoms with van der Waals surface area (Å²) in [6, 6.07) is 8.41. The molecular weight excluding hydrogens is 136 g/mol. The molecule has 0 spiro atoms. The van der Waals surface area contributed by atoms with E-state index in [1.54, 1.807) is 0 Å². The van der Waals surface area contributed by atoms with Crippen LogP contribution in [0, 0.1) is 0 Å². The van der Waals surface area contributed by atoms with Gasteiger partial charge in [-0.1, -0.05) is 24.3 Å². The van der Waals surface area contributed by atoms with Crippen LogP contribution >= 0.6 is 0 Å². The zero-order chi connectivity index (χ0) is 7.26. The molecule has 0 aliphatic carbocycles. The van der Waals surface area contributed by atoms with Crippen LogP contribution in [-0.2, 0) is 4.74 Å². The van der Waals surface area contributed by atoms with Gasteiger partial charge in [0.25, 0.3) is 0 Å². The van der Waals surface area contributed by atoms with Gasteiger partial charge in [0, 0.05) is 17.5 Å². The van der Waals surface area contributed by atoms with Crippen molar-refractivity contribution < 1.29 is 4.74 Å². The molecule has 2 aliphatic rings. The maximum atomic E-state index is 5.60. The number of hydrogen-bond donors (Lipinski definition) is 0. The van der Waals surface area contributed by atoms with Gasteiger partial charge in [-0.05, 0) is 6.08 Å². The number of rotatable bonds is 0. The molecule has 2 aliphatic heterocycles. The highest BCUT2D eigenvalue weighted by Crippen LogP contribution is 2.45. The van der Waals surface area contributed by atoms with Crippen LogP contribution in [0.2, 0.25) is 0 Å². The summed E-state index contributed by atoms with van der Waals surface area (Å²) in [7, 11) is 0. The fraction of sp³-hybridized carbons (Fsp3) is 0.200. The van der Waals surface area contributed by atoms with Gasteiger partial charge in [0.15, 0.2) is 0 Å². The van der Waals surface area contributed by atoms with Crippen molar-refractivity contribution in [1.82, 2.24) is 0 Å². The van der Waals surface area contributed by atoms with Crippen LogP contribution < -0.4 is 0 Å². The van der Waals surface area contributed by atoms with Crippen molar-refractivity contribution in [2.24, 2.45) is 0 Å². The average Bonchev–Trinajstić information content (AvgIpc) is 2.64. The first-order chi connectivity index (χ1) is 5.45. The Morgan fingerprint density at radius 2 is 2.18 bits per heavy atom. The molecule has 0 saturated heterocycles. The minimum Gasteiger partial charge on any atom is -0.485 e. The van der Waals surface area contributed by atoms with Gasteiger partial charge in [-0.25, -0.2) is 0 Å². The normalized spacial score (nSPS) is 24.4. The topological polar surface area (TPSA) is 9.23 Å². The van der Waals surface area contributed by atoms with Crippen molar-refractivity contribution in [2.45, 2.75) is 12.5 Å². The average molecular weight is 144 g/mol. The van der Waals surface area contributed by atoms with Gasteiger partial charge < -0.3 is 4.74 Å². The van der Waals surface area contributed by atoms with Crippen LogP contribution in [0.25, 0.3) is 5.76 Å². The lowest BCUT2D eigenvalue weighted by Gasteiger charge is -2.03. The second-order valence-electron chi connectivity index (χ2n) is 3.00. The van der Waals surface area contributed by atoms with E-state index in [-0.39, 0.29) is 0 Å². The van der Waals surface area contributed by atoms with Crippen molar-refractivity contribution in [3.63, 3.8) is 0 Å². The Morgan fingerprint density at radius 1 is 1.27 bits per heavy atom. The summed E-state index contributed by atoms with van der Waals surface area (Å²) in [4.78, 5) is 0. The molecular formula is C10H8O. The summed E-state index contributed by atoms with van der Waals surface area (Å²) in [5.74, 6) is 1.09. The van der Waals surface area contributed by atoms with E-state index < -0.39 is 0 Å². The molecule has 3 rings (SSSR count). The SMILES string of the molecule is C1=C2OC(C1)c1ccccc12. The zero-order valence-electron chi connectivity index (χ0n) is 6.08. The second kappa shape index (κ2) is 1.67. The van der Waals surface area contributed by atoms with Gasteiger partial charge in [0.1, 0.15) is 11.9 Å². The van der Waals surface area contributed by atoms with Crippen molar-refractivity contribution in [1.29, 1.82) is 0 Å². The first-order valence-electron chi connectivity index (χ1n) is 3.91. The molecule has 1 aromatic carbocycles. The fourth-order valence-corrected chi connectivity index (χ4v) is 1.83. The summed E-state index contributed by atoms with van der Waals surface area (Å²) in [5.41, 5.74) is 2.66. The molecule has 1 atom stereocenters. The van der Waals surface area contributed by atoms with E-state index in [2.05, 4.69) is 30.3 Å². The smallest absolute Gasteiger partial charge is 0.128 e. The molecule has 0 aromatic heterocycles. The maximum absolute atomic E-state index is 5.60. The van der Waals surface area contributed by atoms with Crippen molar-refractivity contribution in [3.8, 4) is 0 Å². The minimum absolute atomic E-state index is 0.334. The lowest BCUT2D eigenvalue weighted by atomic mass is 9.98. The van der Waals surface area contributed by atoms with Gasteiger partial charge in [0.05, 0.1) is 0 Å². The van der Waals surface area contributed by atoms with Gasteiger partial charge >= 0.3 is 0 Å². The lowest BCUT2D eigenvalue weighted by molar-refractivity contribution is 0.213. The van der Waals surface area contributed by atoms with Gasteiger partial charge in [-0.2, -0.15) is 0 Å². The first-order valence-corrected chi connectivity index (χ1v) is 3.91. The molecule has 54 valence electrons. The van der Waals surface area contributed by atoms with Gasteiger partial charge in [-0.15, -0.1) is 0 Å². The molecule has 0 N–H and O–H groups in total. The molecule has 1 heteroatoms. The number of ether oxygens (including phenoxy) is 1. The van der Waals surface area contributed by atoms with Crippen LogP contribution in [0.1, 0.15) is 23.7 Å². The third-order valence-corrected chi connectivity index (χ3v) is 2.36. The summed E-state index contributed by atoms with van der Waals surface area (Å²) in [6.07, 6.45) is 3.57. The van der Waals surface area contributed by atoms with Crippen LogP contribution in [-0.4, -0.2) is 0 Å². The van der Waals surface area contributed by atoms with Crippen molar-refractivity contribution >= 4 is 5.76 Å². The predicted octanol–water partition coefficient (Wildman–Crippen LogP) is 2.50. The van der Waals surface area contributed by atoms with E-state index in [1.165, 1.54) is 11.1 Å². The highest BCUT2D eigenvalue weighted by atomic mass is 16.5. The fourth-order valence-electron chi connectivity index (χ4n) is 1.83. The monoisotopic (exact) mass is 144 g/mol. The Labute approximate surface area is 65.3 Å². The molecule has 1 aromatic rings. The van der Waals surface area contributed by atoms with E-state index in [0.29, 0.717) is 6.10 Å². The van der Waals surface area contributed by atoms with Crippen LogP contribution in [0.15, 0.2) is 30.3 Å². The quantitative estimate of drug-likeness (QED) is 0.543. The Bertz CT molecular complexity index is 338. The van der Waals surface area contributed by atoms with Crippen LogP contribution in [0.4, 0.5) is 0 Å². The molecule has 0 amide bonds. The second-order valence-corrected chi connectivity index (χ2v) is 3.00. The molecule has 2 bridgehead atoms. The molecule has 0 saturated carbocycles. The summed E-state index contributed by atoms with van der Waals surface area (Å²) in [6.45, 7) is 0. The number of benzene rings is 1. The highest BCUT2D eigenvalue weighted by Gasteiger charge is 2.31. The molecule has 0 radical (unpaired) electrons. The molecule has 11 heavy (non-hydrogen) atoms.